The van der Waals surface area contributed by atoms with Crippen molar-refractivity contribution in [1.82, 2.24) is 10.2 Å². The van der Waals surface area contributed by atoms with Crippen LogP contribution in [-0.2, 0) is 4.79 Å². The van der Waals surface area contributed by atoms with Crippen LogP contribution in [0.4, 0.5) is 17.3 Å². The van der Waals surface area contributed by atoms with Gasteiger partial charge in [-0.3, -0.25) is 4.79 Å². The molecule has 5 nitrogen and oxygen atoms in total. The number of halogens is 1. The van der Waals surface area contributed by atoms with Crippen LogP contribution in [-0.4, -0.2) is 16.1 Å². The van der Waals surface area contributed by atoms with Gasteiger partial charge < -0.3 is 10.6 Å². The van der Waals surface area contributed by atoms with Crippen molar-refractivity contribution in [3.05, 3.63) is 41.4 Å². The smallest absolute Gasteiger partial charge is 0.228 e. The molecule has 0 radical (unpaired) electrons. The molecule has 0 atom stereocenters. The molecule has 0 bridgehead atoms. The third-order valence-corrected chi connectivity index (χ3v) is 3.72. The van der Waals surface area contributed by atoms with Crippen LogP contribution < -0.4 is 10.6 Å². The fraction of sp³-hybridized carbons (Fsp3) is 0.267. The third-order valence-electron chi connectivity index (χ3n) is 3.49. The second kappa shape index (κ2) is 6.10. The molecule has 1 aromatic carbocycles. The van der Waals surface area contributed by atoms with Gasteiger partial charge in [0.05, 0.1) is 0 Å². The summed E-state index contributed by atoms with van der Waals surface area (Å²) in [5.74, 6) is 1.24. The van der Waals surface area contributed by atoms with Gasteiger partial charge in [-0.05, 0) is 43.2 Å². The molecule has 108 valence electrons. The summed E-state index contributed by atoms with van der Waals surface area (Å²) in [7, 11) is 0. The lowest BCUT2D eigenvalue weighted by atomic mass is 9.85. The minimum absolute atomic E-state index is 0.0334. The van der Waals surface area contributed by atoms with Crippen LogP contribution in [0.3, 0.4) is 0 Å². The van der Waals surface area contributed by atoms with Gasteiger partial charge in [0.25, 0.3) is 0 Å². The summed E-state index contributed by atoms with van der Waals surface area (Å²) in [5.41, 5.74) is 0.836. The van der Waals surface area contributed by atoms with E-state index in [0.29, 0.717) is 16.7 Å². The molecule has 1 aliphatic rings. The number of carbonyl (C=O) groups is 1. The zero-order chi connectivity index (χ0) is 14.7. The monoisotopic (exact) mass is 302 g/mol. The Morgan fingerprint density at radius 3 is 2.52 bits per heavy atom. The van der Waals surface area contributed by atoms with E-state index in [9.17, 15) is 4.79 Å². The van der Waals surface area contributed by atoms with Gasteiger partial charge in [0, 0.05) is 16.6 Å². The number of rotatable bonds is 4. The Bertz CT molecular complexity index is 640. The van der Waals surface area contributed by atoms with Crippen LogP contribution >= 0.6 is 11.6 Å². The van der Waals surface area contributed by atoms with E-state index in [1.807, 2.05) is 12.1 Å². The molecule has 6 heteroatoms. The number of anilines is 3. The van der Waals surface area contributed by atoms with Crippen molar-refractivity contribution in [3.8, 4) is 0 Å². The molecule has 2 aromatic rings. The first-order valence-corrected chi connectivity index (χ1v) is 7.26. The zero-order valence-electron chi connectivity index (χ0n) is 11.3. The summed E-state index contributed by atoms with van der Waals surface area (Å²) in [6, 6.07) is 10.8. The fourth-order valence-corrected chi connectivity index (χ4v) is 2.27. The Balaban J connectivity index is 1.62. The molecule has 0 aliphatic heterocycles. The Morgan fingerprint density at radius 1 is 1.14 bits per heavy atom. The summed E-state index contributed by atoms with van der Waals surface area (Å²) in [6.45, 7) is 0. The first-order valence-electron chi connectivity index (χ1n) is 6.88. The molecule has 0 saturated heterocycles. The van der Waals surface area contributed by atoms with Crippen molar-refractivity contribution < 1.29 is 4.79 Å². The largest absolute Gasteiger partial charge is 0.339 e. The van der Waals surface area contributed by atoms with E-state index in [1.54, 1.807) is 24.3 Å². The number of nitrogens with zero attached hydrogens (tertiary/aromatic N) is 2. The lowest BCUT2D eigenvalue weighted by molar-refractivity contribution is -0.122. The standard InChI is InChI=1S/C15H15ClN4O/c16-11-5-2-6-12(9-11)17-13-7-8-14(20-19-13)18-15(21)10-3-1-4-10/h2,5-10H,1,3-4H2,(H,17,19)(H,18,20,21). The van der Waals surface area contributed by atoms with Gasteiger partial charge in [-0.2, -0.15) is 0 Å². The van der Waals surface area contributed by atoms with E-state index in [4.69, 9.17) is 11.6 Å². The first-order chi connectivity index (χ1) is 10.2. The van der Waals surface area contributed by atoms with Crippen molar-refractivity contribution in [2.24, 2.45) is 5.92 Å². The highest BCUT2D eigenvalue weighted by molar-refractivity contribution is 6.30. The second-order valence-electron chi connectivity index (χ2n) is 5.06. The van der Waals surface area contributed by atoms with Gasteiger partial charge in [-0.1, -0.05) is 24.1 Å². The molecule has 1 amide bonds. The minimum atomic E-state index is 0.0334. The van der Waals surface area contributed by atoms with Gasteiger partial charge in [0.15, 0.2) is 11.6 Å². The first kappa shape index (κ1) is 13.8. The predicted octanol–water partition coefficient (Wildman–Crippen LogP) is 3.61. The van der Waals surface area contributed by atoms with Gasteiger partial charge in [0.2, 0.25) is 5.91 Å². The molecular weight excluding hydrogens is 288 g/mol. The lowest BCUT2D eigenvalue weighted by Crippen LogP contribution is -2.28. The number of carbonyl (C=O) groups excluding carboxylic acids is 1. The van der Waals surface area contributed by atoms with Gasteiger partial charge in [-0.25, -0.2) is 0 Å². The quantitative estimate of drug-likeness (QED) is 0.905. The maximum atomic E-state index is 11.8. The molecule has 1 fully saturated rings. The van der Waals surface area contributed by atoms with E-state index in [2.05, 4.69) is 20.8 Å². The van der Waals surface area contributed by atoms with Crippen molar-refractivity contribution in [1.29, 1.82) is 0 Å². The van der Waals surface area contributed by atoms with E-state index in [1.165, 1.54) is 0 Å². The number of amides is 1. The topological polar surface area (TPSA) is 66.9 Å². The van der Waals surface area contributed by atoms with E-state index < -0.39 is 0 Å². The summed E-state index contributed by atoms with van der Waals surface area (Å²) in [5, 5.41) is 14.6. The Labute approximate surface area is 127 Å². The molecule has 1 aliphatic carbocycles. The Morgan fingerprint density at radius 2 is 1.90 bits per heavy atom. The highest BCUT2D eigenvalue weighted by Crippen LogP contribution is 2.27. The summed E-state index contributed by atoms with van der Waals surface area (Å²) in [4.78, 5) is 11.8. The maximum absolute atomic E-state index is 11.8. The van der Waals surface area contributed by atoms with Crippen LogP contribution in [0.25, 0.3) is 0 Å². The van der Waals surface area contributed by atoms with E-state index in [0.717, 1.165) is 24.9 Å². The average molecular weight is 303 g/mol. The summed E-state index contributed by atoms with van der Waals surface area (Å²) < 4.78 is 0. The average Bonchev–Trinajstić information content (AvgIpc) is 2.39. The molecule has 0 unspecified atom stereocenters. The summed E-state index contributed by atoms with van der Waals surface area (Å²) in [6.07, 6.45) is 3.06. The number of aromatic nitrogens is 2. The van der Waals surface area contributed by atoms with Gasteiger partial charge in [0.1, 0.15) is 0 Å². The highest BCUT2D eigenvalue weighted by Gasteiger charge is 2.25. The van der Waals surface area contributed by atoms with E-state index >= 15 is 0 Å². The van der Waals surface area contributed by atoms with Crippen molar-refractivity contribution >= 4 is 34.8 Å². The molecule has 3 rings (SSSR count). The van der Waals surface area contributed by atoms with Crippen LogP contribution in [0, 0.1) is 5.92 Å². The van der Waals surface area contributed by atoms with Crippen LogP contribution in [0.1, 0.15) is 19.3 Å². The highest BCUT2D eigenvalue weighted by atomic mass is 35.5. The molecule has 2 N–H and O–H groups in total. The molecule has 1 aromatic heterocycles. The Hall–Kier alpha value is -2.14. The zero-order valence-corrected chi connectivity index (χ0v) is 12.1. The number of benzene rings is 1. The molecular formula is C15H15ClN4O. The number of nitrogens with one attached hydrogen (secondary N) is 2. The fourth-order valence-electron chi connectivity index (χ4n) is 2.08. The van der Waals surface area contributed by atoms with Crippen LogP contribution in [0.15, 0.2) is 36.4 Å². The molecule has 21 heavy (non-hydrogen) atoms. The number of hydrogen-bond acceptors (Lipinski definition) is 4. The van der Waals surface area contributed by atoms with Crippen molar-refractivity contribution in [3.63, 3.8) is 0 Å². The van der Waals surface area contributed by atoms with Crippen LogP contribution in [0.2, 0.25) is 5.02 Å². The van der Waals surface area contributed by atoms with E-state index in [-0.39, 0.29) is 11.8 Å². The normalized spacial score (nSPS) is 14.3. The molecule has 1 heterocycles. The van der Waals surface area contributed by atoms with Crippen LogP contribution in [0.5, 0.6) is 0 Å². The third kappa shape index (κ3) is 3.49. The molecule has 1 saturated carbocycles. The maximum Gasteiger partial charge on any atom is 0.228 e. The second-order valence-corrected chi connectivity index (χ2v) is 5.49. The molecule has 0 spiro atoms. The lowest BCUT2D eigenvalue weighted by Gasteiger charge is -2.23. The van der Waals surface area contributed by atoms with Gasteiger partial charge >= 0.3 is 0 Å². The SMILES string of the molecule is O=C(Nc1ccc(Nc2cccc(Cl)c2)nn1)C1CCC1. The van der Waals surface area contributed by atoms with Gasteiger partial charge in [-0.15, -0.1) is 10.2 Å². The van der Waals surface area contributed by atoms with Crippen molar-refractivity contribution in [2.45, 2.75) is 19.3 Å². The minimum Gasteiger partial charge on any atom is -0.339 e. The van der Waals surface area contributed by atoms with Crippen molar-refractivity contribution in [2.75, 3.05) is 10.6 Å². The predicted molar refractivity (Wildman–Crippen MR) is 82.7 cm³/mol. The Kier molecular flexibility index (Phi) is 4.01. The number of hydrogen-bond donors (Lipinski definition) is 2. The summed E-state index contributed by atoms with van der Waals surface area (Å²) >= 11 is 5.92.